The minimum absolute atomic E-state index is 0.244. The molecular formula is C13H10Cl2N2O5S2. The molecule has 0 aromatic heterocycles. The number of carbonyl (C=O) groups is 1. The fourth-order valence-electron chi connectivity index (χ4n) is 1.61. The highest BCUT2D eigenvalue weighted by atomic mass is 35.5. The number of nitrogens with one attached hydrogen (secondary N) is 2. The molecule has 0 radical (unpaired) electrons. The third kappa shape index (κ3) is 4.60. The molecule has 2 aromatic rings. The van der Waals surface area contributed by atoms with E-state index in [1.54, 1.807) is 9.44 Å². The Hall–Kier alpha value is -1.81. The van der Waals surface area contributed by atoms with Gasteiger partial charge in [0.05, 0.1) is 9.79 Å². The zero-order valence-corrected chi connectivity index (χ0v) is 14.9. The van der Waals surface area contributed by atoms with Gasteiger partial charge in [0.25, 0.3) is 20.0 Å². The second kappa shape index (κ2) is 6.98. The molecule has 0 aliphatic rings. The summed E-state index contributed by atoms with van der Waals surface area (Å²) in [6.45, 7) is 0. The van der Waals surface area contributed by atoms with Gasteiger partial charge in [0.2, 0.25) is 0 Å². The summed E-state index contributed by atoms with van der Waals surface area (Å²) < 4.78 is 51.2. The molecule has 0 fully saturated rings. The molecule has 2 amide bonds. The zero-order chi connectivity index (χ0) is 18.0. The first-order chi connectivity index (χ1) is 11.1. The van der Waals surface area contributed by atoms with Crippen molar-refractivity contribution >= 4 is 49.3 Å². The van der Waals surface area contributed by atoms with E-state index < -0.39 is 26.1 Å². The van der Waals surface area contributed by atoms with Gasteiger partial charge in [-0.25, -0.2) is 31.1 Å². The van der Waals surface area contributed by atoms with Crippen LogP contribution in [0.3, 0.4) is 0 Å². The molecule has 2 N–H and O–H groups in total. The number of urea groups is 1. The highest BCUT2D eigenvalue weighted by Crippen LogP contribution is 2.15. The van der Waals surface area contributed by atoms with Crippen LogP contribution in [0.5, 0.6) is 0 Å². The summed E-state index contributed by atoms with van der Waals surface area (Å²) in [5.74, 6) is 0. The molecule has 0 unspecified atom stereocenters. The van der Waals surface area contributed by atoms with E-state index in [9.17, 15) is 21.6 Å². The topological polar surface area (TPSA) is 109 Å². The van der Waals surface area contributed by atoms with Gasteiger partial charge >= 0.3 is 6.03 Å². The third-order valence-electron chi connectivity index (χ3n) is 2.70. The van der Waals surface area contributed by atoms with Gasteiger partial charge in [0.1, 0.15) is 0 Å². The number of halogens is 2. The Morgan fingerprint density at radius 3 is 1.25 bits per heavy atom. The summed E-state index contributed by atoms with van der Waals surface area (Å²) in [6, 6.07) is 8.54. The van der Waals surface area contributed by atoms with Crippen LogP contribution in [0.25, 0.3) is 0 Å². The zero-order valence-electron chi connectivity index (χ0n) is 11.7. The second-order valence-corrected chi connectivity index (χ2v) is 8.69. The van der Waals surface area contributed by atoms with Crippen molar-refractivity contribution in [3.63, 3.8) is 0 Å². The fraction of sp³-hybridized carbons (Fsp3) is 0. The van der Waals surface area contributed by atoms with Gasteiger partial charge in [0.15, 0.2) is 0 Å². The number of amides is 2. The predicted molar refractivity (Wildman–Crippen MR) is 88.9 cm³/mol. The molecule has 11 heteroatoms. The molecular weight excluding hydrogens is 399 g/mol. The van der Waals surface area contributed by atoms with E-state index in [1.807, 2.05) is 0 Å². The number of hydrogen-bond acceptors (Lipinski definition) is 5. The van der Waals surface area contributed by atoms with Crippen LogP contribution in [0.4, 0.5) is 4.79 Å². The number of benzene rings is 2. The molecule has 2 aromatic carbocycles. The number of rotatable bonds is 4. The van der Waals surface area contributed by atoms with Crippen LogP contribution in [0.15, 0.2) is 58.3 Å². The Labute approximate surface area is 148 Å². The molecule has 0 aliphatic carbocycles. The van der Waals surface area contributed by atoms with Crippen molar-refractivity contribution in [2.24, 2.45) is 0 Å². The summed E-state index contributed by atoms with van der Waals surface area (Å²) >= 11 is 11.3. The van der Waals surface area contributed by atoms with Crippen LogP contribution in [-0.4, -0.2) is 22.9 Å². The lowest BCUT2D eigenvalue weighted by Gasteiger charge is -2.09. The lowest BCUT2D eigenvalue weighted by atomic mass is 10.4. The van der Waals surface area contributed by atoms with E-state index in [2.05, 4.69) is 0 Å². The van der Waals surface area contributed by atoms with Crippen molar-refractivity contribution in [1.29, 1.82) is 0 Å². The maximum absolute atomic E-state index is 12.0. The van der Waals surface area contributed by atoms with Gasteiger partial charge in [-0.15, -0.1) is 0 Å². The monoisotopic (exact) mass is 408 g/mol. The quantitative estimate of drug-likeness (QED) is 0.806. The molecule has 128 valence electrons. The van der Waals surface area contributed by atoms with E-state index in [4.69, 9.17) is 23.2 Å². The van der Waals surface area contributed by atoms with Crippen LogP contribution < -0.4 is 9.44 Å². The van der Waals surface area contributed by atoms with Gasteiger partial charge < -0.3 is 0 Å². The Morgan fingerprint density at radius 2 is 0.958 bits per heavy atom. The maximum Gasteiger partial charge on any atom is 0.342 e. The van der Waals surface area contributed by atoms with Crippen LogP contribution >= 0.6 is 23.2 Å². The van der Waals surface area contributed by atoms with E-state index in [1.165, 1.54) is 48.5 Å². The van der Waals surface area contributed by atoms with Gasteiger partial charge in [-0.1, -0.05) is 23.2 Å². The van der Waals surface area contributed by atoms with Crippen molar-refractivity contribution in [3.05, 3.63) is 58.6 Å². The average Bonchev–Trinajstić information content (AvgIpc) is 2.46. The van der Waals surface area contributed by atoms with Crippen LogP contribution in [0.2, 0.25) is 10.0 Å². The van der Waals surface area contributed by atoms with Crippen LogP contribution in [-0.2, 0) is 20.0 Å². The molecule has 0 saturated carbocycles. The number of carbonyl (C=O) groups excluding carboxylic acids is 1. The molecule has 24 heavy (non-hydrogen) atoms. The highest BCUT2D eigenvalue weighted by molar-refractivity contribution is 7.91. The van der Waals surface area contributed by atoms with Gasteiger partial charge in [-0.05, 0) is 48.5 Å². The van der Waals surface area contributed by atoms with E-state index >= 15 is 0 Å². The van der Waals surface area contributed by atoms with Crippen molar-refractivity contribution < 1.29 is 21.6 Å². The summed E-state index contributed by atoms with van der Waals surface area (Å²) in [4.78, 5) is 11.2. The normalized spacial score (nSPS) is 11.8. The average molecular weight is 409 g/mol. The van der Waals surface area contributed by atoms with Crippen molar-refractivity contribution in [2.45, 2.75) is 9.79 Å². The first kappa shape index (κ1) is 18.5. The van der Waals surface area contributed by atoms with Crippen molar-refractivity contribution in [1.82, 2.24) is 9.44 Å². The fourth-order valence-corrected chi connectivity index (χ4v) is 3.74. The van der Waals surface area contributed by atoms with Gasteiger partial charge in [-0.2, -0.15) is 0 Å². The Balaban J connectivity index is 2.15. The predicted octanol–water partition coefficient (Wildman–Crippen LogP) is 2.37. The largest absolute Gasteiger partial charge is 0.342 e. The number of sulfonamides is 2. The summed E-state index contributed by atoms with van der Waals surface area (Å²) in [7, 11) is -8.49. The standard InChI is InChI=1S/C13H10Cl2N2O5S2/c14-9-1-5-11(6-2-9)23(19,20)16-13(18)17-24(21,22)12-7-3-10(15)4-8-12/h1-8H,(H2,16,17,18). The third-order valence-corrected chi connectivity index (χ3v) is 5.90. The first-order valence-corrected chi connectivity index (χ1v) is 9.93. The van der Waals surface area contributed by atoms with E-state index in [-0.39, 0.29) is 9.79 Å². The molecule has 0 atom stereocenters. The summed E-state index contributed by atoms with van der Waals surface area (Å²) in [6.07, 6.45) is 0. The molecule has 0 heterocycles. The minimum atomic E-state index is -4.24. The first-order valence-electron chi connectivity index (χ1n) is 6.21. The SMILES string of the molecule is O=C(NS(=O)(=O)c1ccc(Cl)cc1)NS(=O)(=O)c1ccc(Cl)cc1. The molecule has 7 nitrogen and oxygen atoms in total. The maximum atomic E-state index is 12.0. The van der Waals surface area contributed by atoms with E-state index in [0.29, 0.717) is 10.0 Å². The van der Waals surface area contributed by atoms with Gasteiger partial charge in [0, 0.05) is 10.0 Å². The highest BCUT2D eigenvalue weighted by Gasteiger charge is 2.22. The molecule has 2 rings (SSSR count). The summed E-state index contributed by atoms with van der Waals surface area (Å²) in [5, 5.41) is 0.618. The minimum Gasteiger partial charge on any atom is -0.247 e. The lowest BCUT2D eigenvalue weighted by molar-refractivity contribution is 0.250. The molecule has 0 bridgehead atoms. The van der Waals surface area contributed by atoms with Crippen LogP contribution in [0, 0.1) is 0 Å². The van der Waals surface area contributed by atoms with Crippen molar-refractivity contribution in [3.8, 4) is 0 Å². The lowest BCUT2D eigenvalue weighted by Crippen LogP contribution is -2.42. The molecule has 0 aliphatic heterocycles. The Kier molecular flexibility index (Phi) is 5.38. The van der Waals surface area contributed by atoms with Crippen LogP contribution in [0.1, 0.15) is 0 Å². The Morgan fingerprint density at radius 1 is 0.667 bits per heavy atom. The smallest absolute Gasteiger partial charge is 0.247 e. The van der Waals surface area contributed by atoms with Gasteiger partial charge in [-0.3, -0.25) is 0 Å². The second-order valence-electron chi connectivity index (χ2n) is 4.45. The Bertz CT molecular complexity index is 877. The number of hydrogen-bond donors (Lipinski definition) is 2. The molecule has 0 spiro atoms. The molecule has 0 saturated heterocycles. The van der Waals surface area contributed by atoms with Crippen molar-refractivity contribution in [2.75, 3.05) is 0 Å². The summed E-state index contributed by atoms with van der Waals surface area (Å²) in [5.41, 5.74) is 0. The van der Waals surface area contributed by atoms with E-state index in [0.717, 1.165) is 0 Å².